The van der Waals surface area contributed by atoms with E-state index in [1.165, 1.54) is 0 Å². The van der Waals surface area contributed by atoms with E-state index < -0.39 is 0 Å². The Morgan fingerprint density at radius 1 is 1.41 bits per heavy atom. The van der Waals surface area contributed by atoms with Crippen molar-refractivity contribution >= 4 is 23.1 Å². The Morgan fingerprint density at radius 2 is 2.18 bits per heavy atom. The molecule has 0 saturated heterocycles. The number of hydrogen-bond donors (Lipinski definition) is 2. The third kappa shape index (κ3) is 4.84. The van der Waals surface area contributed by atoms with Crippen LogP contribution in [0.2, 0.25) is 0 Å². The number of nitrogens with zero attached hydrogens (tertiary/aromatic N) is 3. The fourth-order valence-corrected chi connectivity index (χ4v) is 2.87. The number of rotatable bonds is 6. The SMILES string of the molecule is Cc1csc(C(C)CNC(=O)Nc2cnn(CC(C)C)c2)n1. The fraction of sp³-hybridized carbons (Fsp3) is 0.533. The first-order chi connectivity index (χ1) is 10.4. The molecule has 0 fully saturated rings. The topological polar surface area (TPSA) is 71.8 Å². The molecular formula is C15H23N5OS. The molecule has 22 heavy (non-hydrogen) atoms. The number of carbonyl (C=O) groups excluding carboxylic acids is 1. The van der Waals surface area contributed by atoms with Crippen molar-refractivity contribution in [1.29, 1.82) is 0 Å². The van der Waals surface area contributed by atoms with Gasteiger partial charge < -0.3 is 10.6 Å². The first-order valence-corrected chi connectivity index (χ1v) is 8.31. The highest BCUT2D eigenvalue weighted by atomic mass is 32.1. The number of thiazole rings is 1. The summed E-state index contributed by atoms with van der Waals surface area (Å²) in [4.78, 5) is 16.3. The zero-order valence-electron chi connectivity index (χ0n) is 13.5. The Hall–Kier alpha value is -1.89. The minimum Gasteiger partial charge on any atom is -0.337 e. The van der Waals surface area contributed by atoms with Gasteiger partial charge in [0, 0.05) is 36.3 Å². The van der Waals surface area contributed by atoms with Crippen LogP contribution >= 0.6 is 11.3 Å². The van der Waals surface area contributed by atoms with E-state index in [1.54, 1.807) is 17.5 Å². The van der Waals surface area contributed by atoms with Crippen LogP contribution in [0.4, 0.5) is 10.5 Å². The monoisotopic (exact) mass is 321 g/mol. The van der Waals surface area contributed by atoms with Crippen LogP contribution in [0.25, 0.3) is 0 Å². The van der Waals surface area contributed by atoms with Gasteiger partial charge in [0.15, 0.2) is 0 Å². The van der Waals surface area contributed by atoms with E-state index in [-0.39, 0.29) is 11.9 Å². The van der Waals surface area contributed by atoms with Gasteiger partial charge in [-0.2, -0.15) is 5.10 Å². The van der Waals surface area contributed by atoms with E-state index in [1.807, 2.05) is 23.2 Å². The van der Waals surface area contributed by atoms with E-state index in [0.717, 1.165) is 17.2 Å². The van der Waals surface area contributed by atoms with Crippen LogP contribution in [-0.4, -0.2) is 27.3 Å². The largest absolute Gasteiger partial charge is 0.337 e. The van der Waals surface area contributed by atoms with Gasteiger partial charge in [-0.05, 0) is 12.8 Å². The Balaban J connectivity index is 1.79. The quantitative estimate of drug-likeness (QED) is 0.858. The van der Waals surface area contributed by atoms with Crippen molar-refractivity contribution in [1.82, 2.24) is 20.1 Å². The van der Waals surface area contributed by atoms with E-state index in [4.69, 9.17) is 0 Å². The zero-order chi connectivity index (χ0) is 16.1. The van der Waals surface area contributed by atoms with Crippen LogP contribution in [-0.2, 0) is 6.54 Å². The van der Waals surface area contributed by atoms with E-state index in [2.05, 4.69) is 41.5 Å². The molecule has 0 aliphatic heterocycles. The first-order valence-electron chi connectivity index (χ1n) is 7.43. The van der Waals surface area contributed by atoms with Gasteiger partial charge in [-0.25, -0.2) is 9.78 Å². The molecule has 0 aliphatic rings. The average molecular weight is 321 g/mol. The summed E-state index contributed by atoms with van der Waals surface area (Å²) in [5.41, 5.74) is 1.73. The molecule has 0 bridgehead atoms. The number of aromatic nitrogens is 3. The van der Waals surface area contributed by atoms with Crippen LogP contribution < -0.4 is 10.6 Å². The van der Waals surface area contributed by atoms with Crippen molar-refractivity contribution in [3.05, 3.63) is 28.5 Å². The lowest BCUT2D eigenvalue weighted by Crippen LogP contribution is -2.31. The molecule has 1 atom stereocenters. The number of amides is 2. The molecule has 0 aliphatic carbocycles. The maximum absolute atomic E-state index is 11.9. The molecule has 0 spiro atoms. The first kappa shape index (κ1) is 16.5. The Kier molecular flexibility index (Phi) is 5.54. The Bertz CT molecular complexity index is 619. The van der Waals surface area contributed by atoms with Crippen molar-refractivity contribution in [2.24, 2.45) is 5.92 Å². The van der Waals surface area contributed by atoms with Crippen LogP contribution in [0, 0.1) is 12.8 Å². The molecule has 120 valence electrons. The van der Waals surface area contributed by atoms with Crippen LogP contribution in [0.3, 0.4) is 0 Å². The minimum atomic E-state index is -0.218. The summed E-state index contributed by atoms with van der Waals surface area (Å²) >= 11 is 1.63. The lowest BCUT2D eigenvalue weighted by molar-refractivity contribution is 0.251. The molecule has 0 saturated carbocycles. The summed E-state index contributed by atoms with van der Waals surface area (Å²) in [5, 5.41) is 13.0. The predicted molar refractivity (Wildman–Crippen MR) is 89.4 cm³/mol. The van der Waals surface area contributed by atoms with Gasteiger partial charge >= 0.3 is 6.03 Å². The van der Waals surface area contributed by atoms with E-state index in [0.29, 0.717) is 18.2 Å². The Morgan fingerprint density at radius 3 is 2.82 bits per heavy atom. The van der Waals surface area contributed by atoms with Gasteiger partial charge in [0.05, 0.1) is 16.9 Å². The summed E-state index contributed by atoms with van der Waals surface area (Å²) in [5.74, 6) is 0.720. The highest BCUT2D eigenvalue weighted by Crippen LogP contribution is 2.18. The summed E-state index contributed by atoms with van der Waals surface area (Å²) < 4.78 is 1.83. The molecule has 7 heteroatoms. The standard InChI is InChI=1S/C15H23N5OS/c1-10(2)7-20-8-13(6-17-20)19-15(21)16-5-11(3)14-18-12(4)9-22-14/h6,8-11H,5,7H2,1-4H3,(H2,16,19,21). The summed E-state index contributed by atoms with van der Waals surface area (Å²) in [7, 11) is 0. The number of carbonyl (C=O) groups is 1. The highest BCUT2D eigenvalue weighted by Gasteiger charge is 2.11. The second-order valence-electron chi connectivity index (χ2n) is 5.91. The number of urea groups is 1. The van der Waals surface area contributed by atoms with Gasteiger partial charge in [0.1, 0.15) is 0 Å². The molecular weight excluding hydrogens is 298 g/mol. The predicted octanol–water partition coefficient (Wildman–Crippen LogP) is 3.23. The van der Waals surface area contributed by atoms with Crippen LogP contribution in [0.1, 0.15) is 37.4 Å². The van der Waals surface area contributed by atoms with E-state index >= 15 is 0 Å². The number of anilines is 1. The van der Waals surface area contributed by atoms with Crippen LogP contribution in [0.15, 0.2) is 17.8 Å². The van der Waals surface area contributed by atoms with Crippen LogP contribution in [0.5, 0.6) is 0 Å². The molecule has 0 aromatic carbocycles. The van der Waals surface area contributed by atoms with Gasteiger partial charge in [-0.15, -0.1) is 11.3 Å². The maximum Gasteiger partial charge on any atom is 0.319 e. The minimum absolute atomic E-state index is 0.202. The number of hydrogen-bond acceptors (Lipinski definition) is 4. The maximum atomic E-state index is 11.9. The molecule has 2 aromatic rings. The summed E-state index contributed by atoms with van der Waals surface area (Å²) in [6, 6.07) is -0.218. The normalized spacial score (nSPS) is 12.4. The molecule has 2 aromatic heterocycles. The summed E-state index contributed by atoms with van der Waals surface area (Å²) in [6.45, 7) is 9.68. The number of nitrogens with one attached hydrogen (secondary N) is 2. The smallest absolute Gasteiger partial charge is 0.319 e. The van der Waals surface area contributed by atoms with Gasteiger partial charge in [0.2, 0.25) is 0 Å². The van der Waals surface area contributed by atoms with Crippen molar-refractivity contribution in [2.45, 2.75) is 40.2 Å². The number of aryl methyl sites for hydroxylation is 1. The average Bonchev–Trinajstić information content (AvgIpc) is 3.05. The Labute approximate surface area is 135 Å². The third-order valence-corrected chi connectivity index (χ3v) is 4.26. The molecule has 2 heterocycles. The molecule has 6 nitrogen and oxygen atoms in total. The lowest BCUT2D eigenvalue weighted by atomic mass is 10.2. The van der Waals surface area contributed by atoms with Crippen molar-refractivity contribution in [3.63, 3.8) is 0 Å². The molecule has 2 N–H and O–H groups in total. The van der Waals surface area contributed by atoms with E-state index in [9.17, 15) is 4.79 Å². The van der Waals surface area contributed by atoms with Crippen molar-refractivity contribution in [2.75, 3.05) is 11.9 Å². The molecule has 2 amide bonds. The molecule has 2 rings (SSSR count). The second-order valence-corrected chi connectivity index (χ2v) is 6.80. The lowest BCUT2D eigenvalue weighted by Gasteiger charge is -2.10. The van der Waals surface area contributed by atoms with Crippen molar-refractivity contribution < 1.29 is 4.79 Å². The summed E-state index contributed by atoms with van der Waals surface area (Å²) in [6.07, 6.45) is 3.50. The second kappa shape index (κ2) is 7.40. The fourth-order valence-electron chi connectivity index (χ4n) is 2.01. The van der Waals surface area contributed by atoms with Gasteiger partial charge in [-0.3, -0.25) is 4.68 Å². The molecule has 0 radical (unpaired) electrons. The van der Waals surface area contributed by atoms with Gasteiger partial charge in [0.25, 0.3) is 0 Å². The molecule has 1 unspecified atom stereocenters. The third-order valence-electron chi connectivity index (χ3n) is 3.07. The van der Waals surface area contributed by atoms with Crippen molar-refractivity contribution in [3.8, 4) is 0 Å². The highest BCUT2D eigenvalue weighted by molar-refractivity contribution is 7.09. The van der Waals surface area contributed by atoms with Gasteiger partial charge in [-0.1, -0.05) is 20.8 Å². The zero-order valence-corrected chi connectivity index (χ0v) is 14.3.